The van der Waals surface area contributed by atoms with Crippen molar-refractivity contribution in [1.29, 1.82) is 0 Å². The Kier molecular flexibility index (Phi) is 4.88. The lowest BCUT2D eigenvalue weighted by Gasteiger charge is -2.38. The summed E-state index contributed by atoms with van der Waals surface area (Å²) in [5.41, 5.74) is 0.793. The average Bonchev–Trinajstić information content (AvgIpc) is 2.52. The third kappa shape index (κ3) is 3.55. The van der Waals surface area contributed by atoms with E-state index in [0.29, 0.717) is 18.2 Å². The molecule has 1 aliphatic heterocycles. The SMILES string of the molecule is O=C(CCN1CCN(C(=O)C2CCC2)CC1)c1ccccc1. The molecule has 0 spiro atoms. The van der Waals surface area contributed by atoms with Crippen LogP contribution in [-0.4, -0.2) is 54.2 Å². The first kappa shape index (κ1) is 15.2. The molecule has 1 saturated carbocycles. The predicted octanol–water partition coefficient (Wildman–Crippen LogP) is 2.20. The molecule has 1 heterocycles. The lowest BCUT2D eigenvalue weighted by atomic mass is 9.84. The fraction of sp³-hybridized carbons (Fsp3) is 0.556. The van der Waals surface area contributed by atoms with Gasteiger partial charge in [0.1, 0.15) is 0 Å². The van der Waals surface area contributed by atoms with Gasteiger partial charge in [0, 0.05) is 50.6 Å². The van der Waals surface area contributed by atoms with Crippen molar-refractivity contribution < 1.29 is 9.59 Å². The molecule has 0 radical (unpaired) electrons. The van der Waals surface area contributed by atoms with E-state index in [4.69, 9.17) is 0 Å². The summed E-state index contributed by atoms with van der Waals surface area (Å²) in [6, 6.07) is 9.47. The van der Waals surface area contributed by atoms with Gasteiger partial charge in [-0.2, -0.15) is 0 Å². The van der Waals surface area contributed by atoms with Crippen molar-refractivity contribution in [3.63, 3.8) is 0 Å². The van der Waals surface area contributed by atoms with E-state index in [2.05, 4.69) is 4.90 Å². The van der Waals surface area contributed by atoms with Crippen LogP contribution < -0.4 is 0 Å². The number of carbonyl (C=O) groups is 2. The zero-order valence-electron chi connectivity index (χ0n) is 13.0. The van der Waals surface area contributed by atoms with Gasteiger partial charge in [0.25, 0.3) is 0 Å². The van der Waals surface area contributed by atoms with Crippen molar-refractivity contribution in [2.75, 3.05) is 32.7 Å². The van der Waals surface area contributed by atoms with Gasteiger partial charge >= 0.3 is 0 Å². The van der Waals surface area contributed by atoms with Crippen LogP contribution in [0.4, 0.5) is 0 Å². The van der Waals surface area contributed by atoms with E-state index in [-0.39, 0.29) is 5.78 Å². The van der Waals surface area contributed by atoms with Crippen LogP contribution in [0, 0.1) is 5.92 Å². The Morgan fingerprint density at radius 3 is 2.27 bits per heavy atom. The summed E-state index contributed by atoms with van der Waals surface area (Å²) >= 11 is 0. The molecule has 0 aromatic heterocycles. The van der Waals surface area contributed by atoms with Gasteiger partial charge in [0.05, 0.1) is 0 Å². The van der Waals surface area contributed by atoms with Gasteiger partial charge in [-0.1, -0.05) is 36.8 Å². The molecule has 22 heavy (non-hydrogen) atoms. The highest BCUT2D eigenvalue weighted by molar-refractivity contribution is 5.96. The number of hydrogen-bond donors (Lipinski definition) is 0. The van der Waals surface area contributed by atoms with Gasteiger partial charge in [-0.15, -0.1) is 0 Å². The molecule has 3 rings (SSSR count). The van der Waals surface area contributed by atoms with E-state index in [1.807, 2.05) is 35.2 Å². The first-order valence-electron chi connectivity index (χ1n) is 8.33. The van der Waals surface area contributed by atoms with Gasteiger partial charge in [-0.3, -0.25) is 14.5 Å². The monoisotopic (exact) mass is 300 g/mol. The highest BCUT2D eigenvalue weighted by Gasteiger charge is 2.31. The Morgan fingerprint density at radius 2 is 1.68 bits per heavy atom. The van der Waals surface area contributed by atoms with Crippen molar-refractivity contribution >= 4 is 11.7 Å². The van der Waals surface area contributed by atoms with Crippen LogP contribution in [0.25, 0.3) is 0 Å². The largest absolute Gasteiger partial charge is 0.340 e. The summed E-state index contributed by atoms with van der Waals surface area (Å²) < 4.78 is 0. The molecule has 4 heteroatoms. The molecule has 4 nitrogen and oxygen atoms in total. The van der Waals surface area contributed by atoms with Crippen LogP contribution in [0.2, 0.25) is 0 Å². The molecule has 2 fully saturated rings. The third-order valence-electron chi connectivity index (χ3n) is 4.89. The molecule has 0 N–H and O–H groups in total. The number of nitrogens with zero attached hydrogens (tertiary/aromatic N) is 2. The van der Waals surface area contributed by atoms with E-state index >= 15 is 0 Å². The zero-order valence-corrected chi connectivity index (χ0v) is 13.0. The quantitative estimate of drug-likeness (QED) is 0.783. The molecule has 118 valence electrons. The first-order chi connectivity index (χ1) is 10.7. The maximum absolute atomic E-state index is 12.2. The van der Waals surface area contributed by atoms with E-state index in [1.54, 1.807) is 0 Å². The smallest absolute Gasteiger partial charge is 0.225 e. The summed E-state index contributed by atoms with van der Waals surface area (Å²) in [6.45, 7) is 4.20. The number of piperazine rings is 1. The minimum absolute atomic E-state index is 0.202. The fourth-order valence-electron chi connectivity index (χ4n) is 3.13. The topological polar surface area (TPSA) is 40.6 Å². The second kappa shape index (κ2) is 7.05. The lowest BCUT2D eigenvalue weighted by molar-refractivity contribution is -0.139. The Labute approximate surface area is 132 Å². The van der Waals surface area contributed by atoms with E-state index in [1.165, 1.54) is 6.42 Å². The van der Waals surface area contributed by atoms with Crippen LogP contribution in [0.3, 0.4) is 0 Å². The third-order valence-corrected chi connectivity index (χ3v) is 4.89. The molecule has 1 saturated heterocycles. The summed E-state index contributed by atoms with van der Waals surface area (Å²) in [6.07, 6.45) is 3.91. The maximum Gasteiger partial charge on any atom is 0.225 e. The van der Waals surface area contributed by atoms with E-state index < -0.39 is 0 Å². The predicted molar refractivity (Wildman–Crippen MR) is 85.8 cm³/mol. The number of benzene rings is 1. The van der Waals surface area contributed by atoms with E-state index in [0.717, 1.165) is 51.1 Å². The van der Waals surface area contributed by atoms with Crippen LogP contribution >= 0.6 is 0 Å². The van der Waals surface area contributed by atoms with Crippen LogP contribution in [0.15, 0.2) is 30.3 Å². The van der Waals surface area contributed by atoms with Gasteiger partial charge in [0.2, 0.25) is 5.91 Å². The van der Waals surface area contributed by atoms with Crippen molar-refractivity contribution in [1.82, 2.24) is 9.80 Å². The van der Waals surface area contributed by atoms with E-state index in [9.17, 15) is 9.59 Å². The number of rotatable bonds is 5. The zero-order chi connectivity index (χ0) is 15.4. The lowest BCUT2D eigenvalue weighted by Crippen LogP contribution is -2.51. The molecular formula is C18H24N2O2. The Hall–Kier alpha value is -1.68. The molecule has 1 aromatic rings. The van der Waals surface area contributed by atoms with Crippen LogP contribution in [0.1, 0.15) is 36.0 Å². The summed E-state index contributed by atoms with van der Waals surface area (Å²) in [5, 5.41) is 0. The highest BCUT2D eigenvalue weighted by Crippen LogP contribution is 2.28. The second-order valence-corrected chi connectivity index (χ2v) is 6.33. The molecule has 0 unspecified atom stereocenters. The molecule has 0 bridgehead atoms. The Balaban J connectivity index is 1.40. The van der Waals surface area contributed by atoms with Crippen molar-refractivity contribution in [3.8, 4) is 0 Å². The van der Waals surface area contributed by atoms with Gasteiger partial charge in [-0.25, -0.2) is 0 Å². The number of amides is 1. The number of hydrogen-bond acceptors (Lipinski definition) is 3. The fourth-order valence-corrected chi connectivity index (χ4v) is 3.13. The standard InChI is InChI=1S/C18H24N2O2/c21-17(15-5-2-1-3-6-15)9-10-19-11-13-20(14-12-19)18(22)16-7-4-8-16/h1-3,5-6,16H,4,7-14H2. The molecule has 1 aromatic carbocycles. The molecular weight excluding hydrogens is 276 g/mol. The van der Waals surface area contributed by atoms with Gasteiger partial charge in [-0.05, 0) is 12.8 Å². The van der Waals surface area contributed by atoms with Crippen molar-refractivity contribution in [2.45, 2.75) is 25.7 Å². The van der Waals surface area contributed by atoms with Crippen LogP contribution in [-0.2, 0) is 4.79 Å². The number of carbonyl (C=O) groups excluding carboxylic acids is 2. The normalized spacial score (nSPS) is 19.7. The molecule has 0 atom stereocenters. The summed E-state index contributed by atoms with van der Waals surface area (Å²) in [4.78, 5) is 28.6. The first-order valence-corrected chi connectivity index (χ1v) is 8.33. The minimum atomic E-state index is 0.202. The second-order valence-electron chi connectivity index (χ2n) is 6.33. The highest BCUT2D eigenvalue weighted by atomic mass is 16.2. The average molecular weight is 300 g/mol. The minimum Gasteiger partial charge on any atom is -0.340 e. The Morgan fingerprint density at radius 1 is 1.00 bits per heavy atom. The Bertz CT molecular complexity index is 517. The van der Waals surface area contributed by atoms with Gasteiger partial charge < -0.3 is 4.90 Å². The number of Topliss-reactive ketones (excluding diaryl/α,β-unsaturated/α-hetero) is 1. The maximum atomic E-state index is 12.2. The molecule has 1 aliphatic carbocycles. The summed E-state index contributed by atoms with van der Waals surface area (Å²) in [5.74, 6) is 0.853. The van der Waals surface area contributed by atoms with Gasteiger partial charge in [0.15, 0.2) is 5.78 Å². The molecule has 2 aliphatic rings. The van der Waals surface area contributed by atoms with Crippen LogP contribution in [0.5, 0.6) is 0 Å². The summed E-state index contributed by atoms with van der Waals surface area (Å²) in [7, 11) is 0. The van der Waals surface area contributed by atoms with Crippen molar-refractivity contribution in [2.24, 2.45) is 5.92 Å². The van der Waals surface area contributed by atoms with Crippen molar-refractivity contribution in [3.05, 3.63) is 35.9 Å². The molecule has 1 amide bonds. The number of ketones is 1.